The summed E-state index contributed by atoms with van der Waals surface area (Å²) in [6.07, 6.45) is -0.603. The molecule has 0 saturated carbocycles. The van der Waals surface area contributed by atoms with Gasteiger partial charge >= 0.3 is 6.09 Å². The Morgan fingerprint density at radius 1 is 0.766 bits per heavy atom. The van der Waals surface area contributed by atoms with Gasteiger partial charge in [-0.3, -0.25) is 4.79 Å². The number of benzene rings is 5. The molecule has 1 saturated heterocycles. The second-order valence-corrected chi connectivity index (χ2v) is 12.4. The molecule has 0 aliphatic carbocycles. The first-order valence-electron chi connectivity index (χ1n) is 15.3. The summed E-state index contributed by atoms with van der Waals surface area (Å²) >= 11 is 13.3. The lowest BCUT2D eigenvalue weighted by Crippen LogP contribution is -2.38. The largest absolute Gasteiger partial charge is 0.465 e. The van der Waals surface area contributed by atoms with Crippen molar-refractivity contribution in [2.45, 2.75) is 12.0 Å². The summed E-state index contributed by atoms with van der Waals surface area (Å²) in [5, 5.41) is 19.5. The first kappa shape index (κ1) is 30.5. The molecule has 1 aliphatic rings. The van der Waals surface area contributed by atoms with E-state index in [1.54, 1.807) is 18.2 Å². The van der Waals surface area contributed by atoms with Crippen LogP contribution in [0, 0.1) is 5.92 Å². The lowest BCUT2D eigenvalue weighted by Gasteiger charge is -2.37. The number of likely N-dealkylation sites (tertiary alicyclic amines) is 1. The number of fused-ring (bicyclic) bond motifs is 1. The molecular formula is C38H30Cl2N4O3. The van der Waals surface area contributed by atoms with Crippen LogP contribution < -0.4 is 5.32 Å². The highest BCUT2D eigenvalue weighted by Gasteiger charge is 2.41. The maximum atomic E-state index is 13.7. The zero-order chi connectivity index (χ0) is 32.5. The van der Waals surface area contributed by atoms with Gasteiger partial charge in [0.25, 0.3) is 0 Å². The van der Waals surface area contributed by atoms with Gasteiger partial charge in [0.05, 0.1) is 11.4 Å². The molecule has 47 heavy (non-hydrogen) atoms. The van der Waals surface area contributed by atoms with E-state index in [0.717, 1.165) is 27.8 Å². The lowest BCUT2D eigenvalue weighted by atomic mass is 9.77. The number of anilines is 1. The Hall–Kier alpha value is -5.11. The van der Waals surface area contributed by atoms with Crippen molar-refractivity contribution < 1.29 is 14.7 Å². The van der Waals surface area contributed by atoms with E-state index >= 15 is 0 Å². The molecule has 9 heteroatoms. The van der Waals surface area contributed by atoms with Crippen LogP contribution in [0.5, 0.6) is 0 Å². The molecular weight excluding hydrogens is 631 g/mol. The van der Waals surface area contributed by atoms with Gasteiger partial charge in [-0.1, -0.05) is 126 Å². The first-order valence-corrected chi connectivity index (χ1v) is 16.1. The zero-order valence-corrected chi connectivity index (χ0v) is 26.7. The fourth-order valence-corrected chi connectivity index (χ4v) is 7.28. The maximum Gasteiger partial charge on any atom is 0.407 e. The van der Waals surface area contributed by atoms with Crippen LogP contribution in [0.1, 0.15) is 23.1 Å². The highest BCUT2D eigenvalue weighted by molar-refractivity contribution is 6.39. The van der Waals surface area contributed by atoms with Gasteiger partial charge in [-0.05, 0) is 52.9 Å². The van der Waals surface area contributed by atoms with Crippen LogP contribution in [0.3, 0.4) is 0 Å². The Balaban J connectivity index is 1.50. The molecule has 0 spiro atoms. The summed E-state index contributed by atoms with van der Waals surface area (Å²) in [4.78, 5) is 26.6. The predicted molar refractivity (Wildman–Crippen MR) is 186 cm³/mol. The number of aromatic nitrogens is 2. The van der Waals surface area contributed by atoms with E-state index in [4.69, 9.17) is 28.3 Å². The fraction of sp³-hybridized carbons (Fsp3) is 0.132. The van der Waals surface area contributed by atoms with E-state index in [1.165, 1.54) is 4.90 Å². The summed E-state index contributed by atoms with van der Waals surface area (Å²) in [6, 6.07) is 41.8. The number of carbonyl (C=O) groups is 2. The minimum atomic E-state index is -1.03. The number of amides is 2. The topological polar surface area (TPSA) is 87.5 Å². The highest BCUT2D eigenvalue weighted by atomic mass is 35.5. The molecule has 0 unspecified atom stereocenters. The van der Waals surface area contributed by atoms with Gasteiger partial charge in [0.15, 0.2) is 5.82 Å². The molecule has 1 aliphatic heterocycles. The zero-order valence-electron chi connectivity index (χ0n) is 25.2. The molecule has 1 fully saturated rings. The van der Waals surface area contributed by atoms with Crippen LogP contribution in [0.25, 0.3) is 22.0 Å². The number of nitrogens with zero attached hydrogens (tertiary/aromatic N) is 3. The Bertz CT molecular complexity index is 1970. The number of hydrogen-bond donors (Lipinski definition) is 2. The average Bonchev–Trinajstić information content (AvgIpc) is 3.73. The van der Waals surface area contributed by atoms with Crippen molar-refractivity contribution >= 4 is 51.9 Å². The first-order chi connectivity index (χ1) is 22.9. The normalized spacial score (nSPS) is 14.8. The summed E-state index contributed by atoms with van der Waals surface area (Å²) in [6.45, 7) is 0.430. The van der Waals surface area contributed by atoms with Gasteiger partial charge in [0.1, 0.15) is 5.54 Å². The molecule has 2 heterocycles. The second-order valence-electron chi connectivity index (χ2n) is 11.6. The van der Waals surface area contributed by atoms with Crippen molar-refractivity contribution in [3.05, 3.63) is 154 Å². The van der Waals surface area contributed by atoms with Crippen LogP contribution in [0.2, 0.25) is 10.0 Å². The Morgan fingerprint density at radius 2 is 1.32 bits per heavy atom. The van der Waals surface area contributed by atoms with Crippen LogP contribution in [-0.4, -0.2) is 44.9 Å². The van der Waals surface area contributed by atoms with Crippen molar-refractivity contribution in [3.63, 3.8) is 0 Å². The SMILES string of the molecule is O=C(Nc1nn(C(c2ccccc2)(c2ccccc2)c2ccccc2)c2ccc(-c3c(Cl)cccc3Cl)cc12)[C@@H]1CCN(C(=O)O)C1. The quantitative estimate of drug-likeness (QED) is 0.168. The standard InChI is InChI=1S/C38H30Cl2N4O3/c39-31-17-10-18-32(40)34(31)25-19-20-33-30(23-25)35(41-36(45)26-21-22-43(24-26)37(46)47)42-44(33)38(27-11-4-1-5-12-27,28-13-6-2-7-14-28)29-15-8-3-9-16-29/h1-20,23,26H,21-22,24H2,(H,46,47)(H,41,42,45)/t26-/m1/s1. The molecule has 1 atom stereocenters. The van der Waals surface area contributed by atoms with Gasteiger partial charge in [0.2, 0.25) is 5.91 Å². The number of halogens is 2. The minimum Gasteiger partial charge on any atom is -0.465 e. The van der Waals surface area contributed by atoms with E-state index in [9.17, 15) is 14.7 Å². The second kappa shape index (κ2) is 12.6. The minimum absolute atomic E-state index is 0.127. The van der Waals surface area contributed by atoms with Gasteiger partial charge in [-0.25, -0.2) is 9.48 Å². The number of carboxylic acid groups (broad SMARTS) is 1. The highest BCUT2D eigenvalue weighted by Crippen LogP contribution is 2.45. The van der Waals surface area contributed by atoms with Gasteiger partial charge in [0, 0.05) is 34.1 Å². The lowest BCUT2D eigenvalue weighted by molar-refractivity contribution is -0.119. The van der Waals surface area contributed by atoms with Gasteiger partial charge < -0.3 is 15.3 Å². The van der Waals surface area contributed by atoms with E-state index in [0.29, 0.717) is 39.8 Å². The van der Waals surface area contributed by atoms with Crippen LogP contribution in [0.15, 0.2) is 127 Å². The van der Waals surface area contributed by atoms with Gasteiger partial charge in [-0.2, -0.15) is 5.10 Å². The van der Waals surface area contributed by atoms with Crippen molar-refractivity contribution in [2.75, 3.05) is 18.4 Å². The number of hydrogen-bond acceptors (Lipinski definition) is 3. The third-order valence-corrected chi connectivity index (χ3v) is 9.52. The molecule has 0 bridgehead atoms. The Labute approximate surface area is 282 Å². The van der Waals surface area contributed by atoms with Gasteiger partial charge in [-0.15, -0.1) is 0 Å². The van der Waals surface area contributed by atoms with E-state index < -0.39 is 17.6 Å². The van der Waals surface area contributed by atoms with E-state index in [-0.39, 0.29) is 12.5 Å². The third-order valence-electron chi connectivity index (χ3n) is 8.89. The molecule has 7 rings (SSSR count). The Kier molecular flexibility index (Phi) is 8.18. The monoisotopic (exact) mass is 660 g/mol. The average molecular weight is 662 g/mol. The van der Waals surface area contributed by atoms with Crippen LogP contribution in [0.4, 0.5) is 10.6 Å². The molecule has 6 aromatic rings. The molecule has 2 N–H and O–H groups in total. The number of nitrogens with one attached hydrogen (secondary N) is 1. The van der Waals surface area contributed by atoms with Crippen molar-refractivity contribution in [1.29, 1.82) is 0 Å². The van der Waals surface area contributed by atoms with Crippen molar-refractivity contribution in [2.24, 2.45) is 5.92 Å². The summed E-state index contributed by atoms with van der Waals surface area (Å²) in [7, 11) is 0. The number of rotatable bonds is 7. The molecule has 7 nitrogen and oxygen atoms in total. The van der Waals surface area contributed by atoms with E-state index in [1.807, 2.05) is 77.5 Å². The fourth-order valence-electron chi connectivity index (χ4n) is 6.67. The molecule has 5 aromatic carbocycles. The van der Waals surface area contributed by atoms with Crippen molar-refractivity contribution in [3.8, 4) is 11.1 Å². The predicted octanol–water partition coefficient (Wildman–Crippen LogP) is 8.79. The van der Waals surface area contributed by atoms with Crippen LogP contribution in [-0.2, 0) is 10.3 Å². The summed E-state index contributed by atoms with van der Waals surface area (Å²) in [5.74, 6) is -0.434. The molecule has 1 aromatic heterocycles. The summed E-state index contributed by atoms with van der Waals surface area (Å²) in [5.41, 5.74) is 4.20. The van der Waals surface area contributed by atoms with Crippen LogP contribution >= 0.6 is 23.2 Å². The number of carbonyl (C=O) groups excluding carboxylic acids is 1. The molecule has 0 radical (unpaired) electrons. The van der Waals surface area contributed by atoms with Crippen molar-refractivity contribution in [1.82, 2.24) is 14.7 Å². The maximum absolute atomic E-state index is 13.7. The Morgan fingerprint density at radius 3 is 1.83 bits per heavy atom. The van der Waals surface area contributed by atoms with E-state index in [2.05, 4.69) is 41.7 Å². The third kappa shape index (κ3) is 5.41. The molecule has 234 valence electrons. The smallest absolute Gasteiger partial charge is 0.407 e. The summed E-state index contributed by atoms with van der Waals surface area (Å²) < 4.78 is 1.98. The molecule has 2 amide bonds.